The molecule has 2 atom stereocenters. The van der Waals surface area contributed by atoms with Gasteiger partial charge in [-0.15, -0.1) is 0 Å². The van der Waals surface area contributed by atoms with Crippen LogP contribution in [0.15, 0.2) is 30.5 Å². The topological polar surface area (TPSA) is 59.4 Å². The van der Waals surface area contributed by atoms with Gasteiger partial charge in [0.2, 0.25) is 0 Å². The highest BCUT2D eigenvalue weighted by Gasteiger charge is 2.21. The predicted molar refractivity (Wildman–Crippen MR) is 77.5 cm³/mol. The molecule has 4 nitrogen and oxygen atoms in total. The zero-order chi connectivity index (χ0) is 14.7. The molecule has 0 bridgehead atoms. The van der Waals surface area contributed by atoms with Gasteiger partial charge in [0.1, 0.15) is 0 Å². The van der Waals surface area contributed by atoms with Gasteiger partial charge in [-0.3, -0.25) is 9.78 Å². The number of carbonyl (C=O) groups excluding carboxylic acids is 1. The molecule has 1 aromatic carbocycles. The van der Waals surface area contributed by atoms with Gasteiger partial charge in [0.05, 0.1) is 24.6 Å². The second-order valence-corrected chi connectivity index (χ2v) is 5.12. The van der Waals surface area contributed by atoms with Crippen LogP contribution in [0.3, 0.4) is 0 Å². The van der Waals surface area contributed by atoms with Crippen LogP contribution >= 0.6 is 11.6 Å². The number of methoxy groups -OCH3 is 1. The molecule has 1 heterocycles. The van der Waals surface area contributed by atoms with Gasteiger partial charge in [-0.25, -0.2) is 0 Å². The number of esters is 1. The second kappa shape index (κ2) is 6.20. The molecule has 106 valence electrons. The van der Waals surface area contributed by atoms with Crippen LogP contribution in [0.1, 0.15) is 25.0 Å². The number of fused-ring (bicyclic) bond motifs is 1. The van der Waals surface area contributed by atoms with Gasteiger partial charge in [0, 0.05) is 22.2 Å². The lowest BCUT2D eigenvalue weighted by Gasteiger charge is -2.16. The number of aliphatic hydroxyl groups is 1. The zero-order valence-corrected chi connectivity index (χ0v) is 12.1. The summed E-state index contributed by atoms with van der Waals surface area (Å²) < 4.78 is 4.67. The van der Waals surface area contributed by atoms with Crippen molar-refractivity contribution in [3.05, 3.63) is 41.0 Å². The van der Waals surface area contributed by atoms with Crippen LogP contribution in [0.5, 0.6) is 0 Å². The van der Waals surface area contributed by atoms with Gasteiger partial charge >= 0.3 is 5.97 Å². The summed E-state index contributed by atoms with van der Waals surface area (Å²) in [6, 6.07) is 7.12. The van der Waals surface area contributed by atoms with Gasteiger partial charge in [-0.2, -0.15) is 0 Å². The fourth-order valence-electron chi connectivity index (χ4n) is 2.19. The van der Waals surface area contributed by atoms with Crippen molar-refractivity contribution in [3.63, 3.8) is 0 Å². The minimum absolute atomic E-state index is 0.278. The number of hydrogen-bond donors (Lipinski definition) is 1. The zero-order valence-electron chi connectivity index (χ0n) is 11.3. The third-order valence-electron chi connectivity index (χ3n) is 3.29. The number of carbonyl (C=O) groups is 1. The van der Waals surface area contributed by atoms with Gasteiger partial charge in [-0.05, 0) is 24.6 Å². The first-order valence-electron chi connectivity index (χ1n) is 6.33. The maximum absolute atomic E-state index is 11.4. The molecule has 0 aliphatic carbocycles. The van der Waals surface area contributed by atoms with E-state index in [0.29, 0.717) is 16.1 Å². The van der Waals surface area contributed by atoms with Crippen molar-refractivity contribution in [3.8, 4) is 0 Å². The molecule has 0 fully saturated rings. The van der Waals surface area contributed by atoms with Crippen LogP contribution < -0.4 is 0 Å². The number of aromatic nitrogens is 1. The molecule has 2 rings (SSSR count). The summed E-state index contributed by atoms with van der Waals surface area (Å²) >= 11 is 6.12. The molecule has 2 unspecified atom stereocenters. The molecule has 0 aliphatic rings. The summed E-state index contributed by atoms with van der Waals surface area (Å²) in [6.45, 7) is 1.72. The van der Waals surface area contributed by atoms with Crippen LogP contribution in [0.4, 0.5) is 0 Å². The summed E-state index contributed by atoms with van der Waals surface area (Å²) in [5, 5.41) is 11.7. The smallest absolute Gasteiger partial charge is 0.308 e. The van der Waals surface area contributed by atoms with E-state index in [4.69, 9.17) is 11.6 Å². The Kier molecular flexibility index (Phi) is 4.57. The molecule has 0 saturated heterocycles. The van der Waals surface area contributed by atoms with E-state index in [-0.39, 0.29) is 18.3 Å². The summed E-state index contributed by atoms with van der Waals surface area (Å²) in [4.78, 5) is 15.7. The maximum Gasteiger partial charge on any atom is 0.308 e. The minimum atomic E-state index is -0.793. The van der Waals surface area contributed by atoms with E-state index in [1.54, 1.807) is 31.3 Å². The van der Waals surface area contributed by atoms with E-state index < -0.39 is 6.10 Å². The summed E-state index contributed by atoms with van der Waals surface area (Å²) in [6.07, 6.45) is 1.14. The van der Waals surface area contributed by atoms with Crippen LogP contribution in [0, 0.1) is 5.92 Å². The number of aliphatic hydroxyl groups excluding tert-OH is 1. The van der Waals surface area contributed by atoms with Gasteiger partial charge in [0.25, 0.3) is 0 Å². The van der Waals surface area contributed by atoms with Crippen molar-refractivity contribution in [2.75, 3.05) is 7.11 Å². The van der Waals surface area contributed by atoms with Gasteiger partial charge < -0.3 is 9.84 Å². The number of benzene rings is 1. The average Bonchev–Trinajstić information content (AvgIpc) is 2.46. The molecular formula is C15H16ClNO3. The lowest BCUT2D eigenvalue weighted by atomic mass is 9.96. The van der Waals surface area contributed by atoms with Crippen molar-refractivity contribution in [1.82, 2.24) is 4.98 Å². The van der Waals surface area contributed by atoms with Crippen molar-refractivity contribution in [1.29, 1.82) is 0 Å². The van der Waals surface area contributed by atoms with Gasteiger partial charge in [0.15, 0.2) is 0 Å². The van der Waals surface area contributed by atoms with E-state index in [1.165, 1.54) is 7.11 Å². The van der Waals surface area contributed by atoms with E-state index >= 15 is 0 Å². The molecule has 0 spiro atoms. The maximum atomic E-state index is 11.4. The molecule has 2 aromatic rings. The molecule has 1 aromatic heterocycles. The Hall–Kier alpha value is -1.65. The van der Waals surface area contributed by atoms with Crippen molar-refractivity contribution in [2.24, 2.45) is 5.92 Å². The summed E-state index contributed by atoms with van der Waals surface area (Å²) in [5.41, 5.74) is 1.32. The molecule has 0 aliphatic heterocycles. The molecule has 0 radical (unpaired) electrons. The number of hydrogen-bond acceptors (Lipinski definition) is 4. The number of nitrogens with zero attached hydrogens (tertiary/aromatic N) is 1. The molecule has 5 heteroatoms. The highest BCUT2D eigenvalue weighted by Crippen LogP contribution is 2.31. The van der Waals surface area contributed by atoms with Crippen LogP contribution in [0.25, 0.3) is 10.9 Å². The standard InChI is InChI=1S/C15H16ClNO3/c1-9(15(19)20-2)8-13(18)11-5-6-12(16)10-4-3-7-17-14(10)11/h3-7,9,13,18H,8H2,1-2H3. The normalized spacial score (nSPS) is 14.0. The quantitative estimate of drug-likeness (QED) is 0.880. The van der Waals surface area contributed by atoms with Gasteiger partial charge in [-0.1, -0.05) is 24.6 Å². The first-order chi connectivity index (χ1) is 9.54. The summed E-state index contributed by atoms with van der Waals surface area (Å²) in [7, 11) is 1.34. The second-order valence-electron chi connectivity index (χ2n) is 4.71. The Morgan fingerprint density at radius 1 is 1.45 bits per heavy atom. The van der Waals surface area contributed by atoms with Crippen molar-refractivity contribution < 1.29 is 14.6 Å². The lowest BCUT2D eigenvalue weighted by molar-refractivity contribution is -0.145. The summed E-state index contributed by atoms with van der Waals surface area (Å²) in [5.74, 6) is -0.722. The highest BCUT2D eigenvalue weighted by molar-refractivity contribution is 6.35. The Labute approximate surface area is 122 Å². The third kappa shape index (κ3) is 2.92. The van der Waals surface area contributed by atoms with Crippen LogP contribution in [-0.4, -0.2) is 23.2 Å². The first-order valence-corrected chi connectivity index (χ1v) is 6.71. The van der Waals surface area contributed by atoms with E-state index in [9.17, 15) is 9.90 Å². The van der Waals surface area contributed by atoms with E-state index in [0.717, 1.165) is 5.39 Å². The minimum Gasteiger partial charge on any atom is -0.469 e. The molecule has 1 N–H and O–H groups in total. The third-order valence-corrected chi connectivity index (χ3v) is 3.62. The Morgan fingerprint density at radius 2 is 2.20 bits per heavy atom. The van der Waals surface area contributed by atoms with Crippen molar-refractivity contribution in [2.45, 2.75) is 19.4 Å². The molecular weight excluding hydrogens is 278 g/mol. The predicted octanol–water partition coefficient (Wildman–Crippen LogP) is 3.12. The molecule has 0 saturated carbocycles. The Bertz CT molecular complexity index is 630. The average molecular weight is 294 g/mol. The molecule has 0 amide bonds. The number of pyridine rings is 1. The van der Waals surface area contributed by atoms with E-state index in [2.05, 4.69) is 9.72 Å². The fraction of sp³-hybridized carbons (Fsp3) is 0.333. The first kappa shape index (κ1) is 14.8. The highest BCUT2D eigenvalue weighted by atomic mass is 35.5. The van der Waals surface area contributed by atoms with Crippen molar-refractivity contribution >= 4 is 28.5 Å². The van der Waals surface area contributed by atoms with Crippen LogP contribution in [0.2, 0.25) is 5.02 Å². The monoisotopic (exact) mass is 293 g/mol. The number of halogens is 1. The SMILES string of the molecule is COC(=O)C(C)CC(O)c1ccc(Cl)c2cccnc12. The van der Waals surface area contributed by atoms with E-state index in [1.807, 2.05) is 6.07 Å². The lowest BCUT2D eigenvalue weighted by Crippen LogP contribution is -2.16. The number of ether oxygens (including phenoxy) is 1. The van der Waals surface area contributed by atoms with Crippen LogP contribution in [-0.2, 0) is 9.53 Å². The Balaban J connectivity index is 2.33. The number of rotatable bonds is 4. The Morgan fingerprint density at radius 3 is 2.90 bits per heavy atom. The molecule has 20 heavy (non-hydrogen) atoms. The fourth-order valence-corrected chi connectivity index (χ4v) is 2.40. The largest absolute Gasteiger partial charge is 0.469 e.